The van der Waals surface area contributed by atoms with Crippen LogP contribution in [0.25, 0.3) is 0 Å². The first-order valence-electron chi connectivity index (χ1n) is 7.01. The Bertz CT molecular complexity index is 380. The van der Waals surface area contributed by atoms with Crippen molar-refractivity contribution in [2.45, 2.75) is 45.2 Å². The van der Waals surface area contributed by atoms with Crippen LogP contribution in [0.2, 0.25) is 0 Å². The first-order valence-corrected chi connectivity index (χ1v) is 7.01. The SMILES string of the molecule is CCOCC1CCCN1C(=O)CCCn1cncn1. The fourth-order valence-electron chi connectivity index (χ4n) is 2.48. The van der Waals surface area contributed by atoms with Gasteiger partial charge in [0.25, 0.3) is 0 Å². The van der Waals surface area contributed by atoms with Gasteiger partial charge in [-0.3, -0.25) is 9.48 Å². The lowest BCUT2D eigenvalue weighted by atomic mass is 10.2. The van der Waals surface area contributed by atoms with Gasteiger partial charge in [-0.05, 0) is 26.2 Å². The van der Waals surface area contributed by atoms with Gasteiger partial charge in [0.05, 0.1) is 12.6 Å². The maximum absolute atomic E-state index is 12.2. The number of carbonyl (C=O) groups is 1. The number of ether oxygens (including phenoxy) is 1. The molecular formula is C13H22N4O2. The Kier molecular flexibility index (Phi) is 5.32. The van der Waals surface area contributed by atoms with E-state index in [9.17, 15) is 4.79 Å². The van der Waals surface area contributed by atoms with Crippen molar-refractivity contribution in [3.8, 4) is 0 Å². The molecule has 0 saturated carbocycles. The van der Waals surface area contributed by atoms with Crippen molar-refractivity contribution in [3.05, 3.63) is 12.7 Å². The lowest BCUT2D eigenvalue weighted by Crippen LogP contribution is -2.38. The minimum atomic E-state index is 0.238. The average Bonchev–Trinajstić information content (AvgIpc) is 3.07. The molecule has 1 fully saturated rings. The van der Waals surface area contributed by atoms with Gasteiger partial charge in [0.2, 0.25) is 5.91 Å². The number of aromatic nitrogens is 3. The van der Waals surface area contributed by atoms with Crippen LogP contribution in [0.1, 0.15) is 32.6 Å². The highest BCUT2D eigenvalue weighted by molar-refractivity contribution is 5.76. The van der Waals surface area contributed by atoms with E-state index in [2.05, 4.69) is 10.1 Å². The smallest absolute Gasteiger partial charge is 0.222 e. The minimum Gasteiger partial charge on any atom is -0.380 e. The molecule has 1 aromatic heterocycles. The van der Waals surface area contributed by atoms with Crippen LogP contribution < -0.4 is 0 Å². The van der Waals surface area contributed by atoms with Gasteiger partial charge in [-0.25, -0.2) is 4.98 Å². The van der Waals surface area contributed by atoms with Crippen molar-refractivity contribution < 1.29 is 9.53 Å². The molecule has 6 heteroatoms. The van der Waals surface area contributed by atoms with Crippen LogP contribution in [0.3, 0.4) is 0 Å². The topological polar surface area (TPSA) is 60.2 Å². The third-order valence-corrected chi connectivity index (χ3v) is 3.46. The molecule has 0 aromatic carbocycles. The Balaban J connectivity index is 1.72. The van der Waals surface area contributed by atoms with Gasteiger partial charge in [-0.15, -0.1) is 0 Å². The second-order valence-corrected chi connectivity index (χ2v) is 4.80. The second-order valence-electron chi connectivity index (χ2n) is 4.80. The second kappa shape index (κ2) is 7.23. The molecule has 1 aromatic rings. The van der Waals surface area contributed by atoms with Crippen molar-refractivity contribution in [1.29, 1.82) is 0 Å². The van der Waals surface area contributed by atoms with E-state index in [4.69, 9.17) is 4.74 Å². The molecule has 0 bridgehead atoms. The van der Waals surface area contributed by atoms with Gasteiger partial charge in [0, 0.05) is 26.1 Å². The standard InChI is InChI=1S/C13H22N4O2/c1-2-19-9-12-5-3-8-17(12)13(18)6-4-7-16-11-14-10-15-16/h10-12H,2-9H2,1H3. The van der Waals surface area contributed by atoms with Crippen LogP contribution in [-0.4, -0.2) is 51.4 Å². The van der Waals surface area contributed by atoms with E-state index in [1.54, 1.807) is 11.0 Å². The molecular weight excluding hydrogens is 244 g/mol. The summed E-state index contributed by atoms with van der Waals surface area (Å²) in [5.74, 6) is 0.238. The maximum atomic E-state index is 12.2. The Hall–Kier alpha value is -1.43. The van der Waals surface area contributed by atoms with E-state index < -0.39 is 0 Å². The molecule has 1 amide bonds. The van der Waals surface area contributed by atoms with Gasteiger partial charge in [-0.1, -0.05) is 0 Å². The van der Waals surface area contributed by atoms with E-state index in [1.165, 1.54) is 6.33 Å². The number of rotatable bonds is 7. The molecule has 1 aliphatic rings. The predicted octanol–water partition coefficient (Wildman–Crippen LogP) is 1.09. The highest BCUT2D eigenvalue weighted by Crippen LogP contribution is 2.19. The largest absolute Gasteiger partial charge is 0.380 e. The molecule has 1 unspecified atom stereocenters. The highest BCUT2D eigenvalue weighted by Gasteiger charge is 2.28. The molecule has 6 nitrogen and oxygen atoms in total. The zero-order chi connectivity index (χ0) is 13.5. The Labute approximate surface area is 113 Å². The van der Waals surface area contributed by atoms with Crippen LogP contribution in [0.4, 0.5) is 0 Å². The molecule has 0 radical (unpaired) electrons. The van der Waals surface area contributed by atoms with Gasteiger partial charge in [0.1, 0.15) is 12.7 Å². The third-order valence-electron chi connectivity index (χ3n) is 3.46. The van der Waals surface area contributed by atoms with E-state index in [0.29, 0.717) is 19.6 Å². The van der Waals surface area contributed by atoms with Crippen molar-refractivity contribution in [1.82, 2.24) is 19.7 Å². The molecule has 2 rings (SSSR count). The van der Waals surface area contributed by atoms with Crippen molar-refractivity contribution in [2.75, 3.05) is 19.8 Å². The van der Waals surface area contributed by atoms with E-state index >= 15 is 0 Å². The van der Waals surface area contributed by atoms with Crippen LogP contribution >= 0.6 is 0 Å². The summed E-state index contributed by atoms with van der Waals surface area (Å²) < 4.78 is 7.20. The summed E-state index contributed by atoms with van der Waals surface area (Å²) >= 11 is 0. The van der Waals surface area contributed by atoms with E-state index in [-0.39, 0.29) is 11.9 Å². The van der Waals surface area contributed by atoms with Crippen molar-refractivity contribution in [2.24, 2.45) is 0 Å². The molecule has 106 valence electrons. The monoisotopic (exact) mass is 266 g/mol. The minimum absolute atomic E-state index is 0.238. The van der Waals surface area contributed by atoms with Crippen LogP contribution in [0.5, 0.6) is 0 Å². The van der Waals surface area contributed by atoms with E-state index in [1.807, 2.05) is 11.8 Å². The molecule has 19 heavy (non-hydrogen) atoms. The van der Waals surface area contributed by atoms with Crippen molar-refractivity contribution >= 4 is 5.91 Å². The van der Waals surface area contributed by atoms with Crippen LogP contribution in [0.15, 0.2) is 12.7 Å². The van der Waals surface area contributed by atoms with Crippen molar-refractivity contribution in [3.63, 3.8) is 0 Å². The fraction of sp³-hybridized carbons (Fsp3) is 0.769. The summed E-state index contributed by atoms with van der Waals surface area (Å²) in [7, 11) is 0. The Morgan fingerprint density at radius 3 is 3.16 bits per heavy atom. The molecule has 1 aliphatic heterocycles. The molecule has 0 spiro atoms. The lowest BCUT2D eigenvalue weighted by Gasteiger charge is -2.24. The predicted molar refractivity (Wildman–Crippen MR) is 70.5 cm³/mol. The number of hydrogen-bond acceptors (Lipinski definition) is 4. The zero-order valence-electron chi connectivity index (χ0n) is 11.5. The summed E-state index contributed by atoms with van der Waals surface area (Å²) in [5, 5.41) is 4.03. The number of nitrogens with zero attached hydrogens (tertiary/aromatic N) is 4. The summed E-state index contributed by atoms with van der Waals surface area (Å²) in [4.78, 5) is 18.0. The van der Waals surface area contributed by atoms with E-state index in [0.717, 1.165) is 32.4 Å². The Morgan fingerprint density at radius 2 is 2.42 bits per heavy atom. The molecule has 1 atom stereocenters. The Morgan fingerprint density at radius 1 is 1.53 bits per heavy atom. The van der Waals surface area contributed by atoms with Gasteiger partial charge >= 0.3 is 0 Å². The van der Waals surface area contributed by atoms with Gasteiger partial charge in [0.15, 0.2) is 0 Å². The first kappa shape index (κ1) is 14.0. The summed E-state index contributed by atoms with van der Waals surface area (Å²) in [5.41, 5.74) is 0. The quantitative estimate of drug-likeness (QED) is 0.741. The normalized spacial score (nSPS) is 19.0. The zero-order valence-corrected chi connectivity index (χ0v) is 11.5. The average molecular weight is 266 g/mol. The number of hydrogen-bond donors (Lipinski definition) is 0. The molecule has 1 saturated heterocycles. The number of likely N-dealkylation sites (tertiary alicyclic amines) is 1. The van der Waals surface area contributed by atoms with Gasteiger partial charge in [-0.2, -0.15) is 5.10 Å². The summed E-state index contributed by atoms with van der Waals surface area (Å²) in [6.07, 6.45) is 6.72. The lowest BCUT2D eigenvalue weighted by molar-refractivity contribution is -0.133. The molecule has 2 heterocycles. The van der Waals surface area contributed by atoms with Gasteiger partial charge < -0.3 is 9.64 Å². The molecule has 0 N–H and O–H groups in total. The maximum Gasteiger partial charge on any atom is 0.222 e. The van der Waals surface area contributed by atoms with Crippen LogP contribution in [0, 0.1) is 0 Å². The fourth-order valence-corrected chi connectivity index (χ4v) is 2.48. The molecule has 0 aliphatic carbocycles. The summed E-state index contributed by atoms with van der Waals surface area (Å²) in [6.45, 7) is 4.99. The highest BCUT2D eigenvalue weighted by atomic mass is 16.5. The van der Waals surface area contributed by atoms with Crippen LogP contribution in [-0.2, 0) is 16.1 Å². The summed E-state index contributed by atoms with van der Waals surface area (Å²) in [6, 6.07) is 0.277. The third kappa shape index (κ3) is 4.02. The number of carbonyl (C=O) groups excluding carboxylic acids is 1. The first-order chi connectivity index (χ1) is 9.31. The number of aryl methyl sites for hydroxylation is 1. The number of amides is 1.